The molecule has 0 radical (unpaired) electrons. The minimum Gasteiger partial charge on any atom is -0.351 e. The first-order valence-electron chi connectivity index (χ1n) is 9.17. The van der Waals surface area contributed by atoms with Crippen LogP contribution in [0.2, 0.25) is 5.02 Å². The van der Waals surface area contributed by atoms with Crippen LogP contribution in [0.1, 0.15) is 34.9 Å². The maximum atomic E-state index is 13.4. The summed E-state index contributed by atoms with van der Waals surface area (Å²) in [6.07, 6.45) is 2.31. The largest absolute Gasteiger partial charge is 0.351 e. The summed E-state index contributed by atoms with van der Waals surface area (Å²) < 4.78 is 13.4. The minimum absolute atomic E-state index is 0.0342. The van der Waals surface area contributed by atoms with Crippen molar-refractivity contribution in [2.45, 2.75) is 18.9 Å². The third-order valence-corrected chi connectivity index (χ3v) is 5.47. The van der Waals surface area contributed by atoms with Gasteiger partial charge in [-0.25, -0.2) is 4.39 Å². The van der Waals surface area contributed by atoms with Crippen LogP contribution in [0.3, 0.4) is 0 Å². The molecule has 0 bridgehead atoms. The number of likely N-dealkylation sites (tertiary alicyclic amines) is 1. The molecule has 0 saturated carbocycles. The number of carbonyl (C=O) groups excluding carboxylic acids is 1. The highest BCUT2D eigenvalue weighted by Crippen LogP contribution is 2.29. The van der Waals surface area contributed by atoms with E-state index in [1.54, 1.807) is 12.1 Å². The molecule has 0 aliphatic carbocycles. The van der Waals surface area contributed by atoms with Gasteiger partial charge in [0.25, 0.3) is 5.91 Å². The van der Waals surface area contributed by atoms with Gasteiger partial charge < -0.3 is 10.3 Å². The van der Waals surface area contributed by atoms with Crippen LogP contribution >= 0.6 is 11.6 Å². The Kier molecular flexibility index (Phi) is 5.14. The number of hydrogen-bond acceptors (Lipinski definition) is 2. The Bertz CT molecular complexity index is 965. The highest BCUT2D eigenvalue weighted by atomic mass is 35.5. The van der Waals surface area contributed by atoms with Crippen molar-refractivity contribution in [3.05, 3.63) is 70.6 Å². The zero-order chi connectivity index (χ0) is 18.8. The van der Waals surface area contributed by atoms with Gasteiger partial charge in [0, 0.05) is 22.5 Å². The SMILES string of the molecule is O=C(NCC(c1ccccc1Cl)N1CCCC1)c1cc2cc(F)ccc2[nH]1. The van der Waals surface area contributed by atoms with Crippen LogP contribution in [0.25, 0.3) is 10.9 Å². The van der Waals surface area contributed by atoms with Crippen molar-refractivity contribution >= 4 is 28.4 Å². The van der Waals surface area contributed by atoms with Crippen molar-refractivity contribution in [1.82, 2.24) is 15.2 Å². The van der Waals surface area contributed by atoms with Crippen molar-refractivity contribution in [3.63, 3.8) is 0 Å². The Morgan fingerprint density at radius 2 is 1.96 bits per heavy atom. The second-order valence-corrected chi connectivity index (χ2v) is 7.31. The minimum atomic E-state index is -0.318. The van der Waals surface area contributed by atoms with Crippen LogP contribution < -0.4 is 5.32 Å². The summed E-state index contributed by atoms with van der Waals surface area (Å²) in [6, 6.07) is 13.9. The molecule has 1 unspecified atom stereocenters. The number of fused-ring (bicyclic) bond motifs is 1. The molecule has 1 saturated heterocycles. The first-order valence-corrected chi connectivity index (χ1v) is 9.54. The fourth-order valence-corrected chi connectivity index (χ4v) is 4.01. The predicted octanol–water partition coefficient (Wildman–Crippen LogP) is 4.53. The topological polar surface area (TPSA) is 48.1 Å². The molecular weight excluding hydrogens is 365 g/mol. The number of rotatable bonds is 5. The number of hydrogen-bond donors (Lipinski definition) is 2. The zero-order valence-corrected chi connectivity index (χ0v) is 15.6. The van der Waals surface area contributed by atoms with Crippen molar-refractivity contribution < 1.29 is 9.18 Å². The molecule has 6 heteroatoms. The van der Waals surface area contributed by atoms with Crippen LogP contribution in [0.4, 0.5) is 4.39 Å². The molecule has 1 atom stereocenters. The smallest absolute Gasteiger partial charge is 0.267 e. The predicted molar refractivity (Wildman–Crippen MR) is 106 cm³/mol. The number of carbonyl (C=O) groups is 1. The quantitative estimate of drug-likeness (QED) is 0.678. The zero-order valence-electron chi connectivity index (χ0n) is 14.8. The molecule has 1 aliphatic heterocycles. The van der Waals surface area contributed by atoms with Gasteiger partial charge in [-0.2, -0.15) is 0 Å². The van der Waals surface area contributed by atoms with E-state index in [1.165, 1.54) is 12.1 Å². The average Bonchev–Trinajstić information content (AvgIpc) is 3.32. The third kappa shape index (κ3) is 3.84. The molecule has 2 aromatic carbocycles. The second kappa shape index (κ2) is 7.71. The lowest BCUT2D eigenvalue weighted by atomic mass is 10.1. The molecule has 0 spiro atoms. The summed E-state index contributed by atoms with van der Waals surface area (Å²) in [5, 5.41) is 4.41. The number of amides is 1. The van der Waals surface area contributed by atoms with Gasteiger partial charge in [-0.3, -0.25) is 9.69 Å². The Morgan fingerprint density at radius 3 is 2.74 bits per heavy atom. The fraction of sp³-hybridized carbons (Fsp3) is 0.286. The average molecular weight is 386 g/mol. The number of nitrogens with zero attached hydrogens (tertiary/aromatic N) is 1. The molecule has 1 aromatic heterocycles. The Morgan fingerprint density at radius 1 is 1.19 bits per heavy atom. The first-order chi connectivity index (χ1) is 13.1. The molecule has 1 amide bonds. The van der Waals surface area contributed by atoms with E-state index < -0.39 is 0 Å². The van der Waals surface area contributed by atoms with Gasteiger partial charge in [0.15, 0.2) is 0 Å². The van der Waals surface area contributed by atoms with Gasteiger partial charge in [-0.15, -0.1) is 0 Å². The van der Waals surface area contributed by atoms with Crippen molar-refractivity contribution in [2.75, 3.05) is 19.6 Å². The van der Waals surface area contributed by atoms with E-state index in [9.17, 15) is 9.18 Å². The lowest BCUT2D eigenvalue weighted by molar-refractivity contribution is 0.0933. The molecule has 140 valence electrons. The lowest BCUT2D eigenvalue weighted by Gasteiger charge is -2.28. The van der Waals surface area contributed by atoms with E-state index in [1.807, 2.05) is 24.3 Å². The number of H-pyrrole nitrogens is 1. The number of aromatic nitrogens is 1. The van der Waals surface area contributed by atoms with E-state index in [0.717, 1.165) is 37.0 Å². The van der Waals surface area contributed by atoms with Crippen LogP contribution in [0.15, 0.2) is 48.5 Å². The summed E-state index contributed by atoms with van der Waals surface area (Å²) in [7, 11) is 0. The normalized spacial score (nSPS) is 15.9. The van der Waals surface area contributed by atoms with Crippen LogP contribution in [0.5, 0.6) is 0 Å². The Hall–Kier alpha value is -2.37. The number of halogens is 2. The number of benzene rings is 2. The van der Waals surface area contributed by atoms with Gasteiger partial charge in [0.1, 0.15) is 11.5 Å². The molecule has 4 rings (SSSR count). The van der Waals surface area contributed by atoms with Gasteiger partial charge in [0.2, 0.25) is 0 Å². The standard InChI is InChI=1S/C21H21ClFN3O/c22-17-6-2-1-5-16(17)20(26-9-3-4-10-26)13-24-21(27)19-12-14-11-15(23)7-8-18(14)25-19/h1-2,5-8,11-12,20,25H,3-4,9-10,13H2,(H,24,27). The van der Waals surface area contributed by atoms with Crippen LogP contribution in [-0.4, -0.2) is 35.4 Å². The lowest BCUT2D eigenvalue weighted by Crippen LogP contribution is -2.37. The molecule has 4 nitrogen and oxygen atoms in total. The molecule has 27 heavy (non-hydrogen) atoms. The summed E-state index contributed by atoms with van der Waals surface area (Å²) in [6.45, 7) is 2.46. The highest BCUT2D eigenvalue weighted by molar-refractivity contribution is 6.31. The van der Waals surface area contributed by atoms with Gasteiger partial charge in [0.05, 0.1) is 6.04 Å². The van der Waals surface area contributed by atoms with Crippen LogP contribution in [-0.2, 0) is 0 Å². The molecule has 2 N–H and O–H groups in total. The van der Waals surface area contributed by atoms with E-state index >= 15 is 0 Å². The molecule has 1 aliphatic rings. The summed E-state index contributed by atoms with van der Waals surface area (Å²) in [5.74, 6) is -0.524. The van der Waals surface area contributed by atoms with Gasteiger partial charge in [-0.05, 0) is 61.8 Å². The third-order valence-electron chi connectivity index (χ3n) is 5.13. The molecule has 3 aromatic rings. The van der Waals surface area contributed by atoms with E-state index in [4.69, 9.17) is 11.6 Å². The Labute approximate surface area is 162 Å². The van der Waals surface area contributed by atoms with Crippen molar-refractivity contribution in [2.24, 2.45) is 0 Å². The molecule has 2 heterocycles. The molecular formula is C21H21ClFN3O. The fourth-order valence-electron chi connectivity index (χ4n) is 3.74. The Balaban J connectivity index is 1.52. The summed E-state index contributed by atoms with van der Waals surface area (Å²) in [4.78, 5) is 18.1. The summed E-state index contributed by atoms with van der Waals surface area (Å²) >= 11 is 6.42. The van der Waals surface area contributed by atoms with Crippen molar-refractivity contribution in [3.8, 4) is 0 Å². The highest BCUT2D eigenvalue weighted by Gasteiger charge is 2.25. The maximum absolute atomic E-state index is 13.4. The van der Waals surface area contributed by atoms with Crippen LogP contribution in [0, 0.1) is 5.82 Å². The van der Waals surface area contributed by atoms with Crippen molar-refractivity contribution in [1.29, 1.82) is 0 Å². The molecule has 1 fully saturated rings. The van der Waals surface area contributed by atoms with Gasteiger partial charge >= 0.3 is 0 Å². The number of aromatic amines is 1. The second-order valence-electron chi connectivity index (χ2n) is 6.90. The van der Waals surface area contributed by atoms with E-state index in [2.05, 4.69) is 15.2 Å². The first kappa shape index (κ1) is 18.0. The summed E-state index contributed by atoms with van der Waals surface area (Å²) in [5.41, 5.74) is 2.19. The monoisotopic (exact) mass is 385 g/mol. The van der Waals surface area contributed by atoms with E-state index in [0.29, 0.717) is 22.6 Å². The maximum Gasteiger partial charge on any atom is 0.267 e. The number of nitrogens with one attached hydrogen (secondary N) is 2. The van der Waals surface area contributed by atoms with Gasteiger partial charge in [-0.1, -0.05) is 29.8 Å². The van der Waals surface area contributed by atoms with E-state index in [-0.39, 0.29) is 17.8 Å².